The van der Waals surface area contributed by atoms with Crippen molar-refractivity contribution in [1.82, 2.24) is 0 Å². The van der Waals surface area contributed by atoms with E-state index in [1.54, 1.807) is 0 Å². The maximum atomic E-state index is 15.3. The molecule has 0 spiro atoms. The van der Waals surface area contributed by atoms with Gasteiger partial charge in [0.05, 0.1) is 13.6 Å². The van der Waals surface area contributed by atoms with Crippen molar-refractivity contribution in [2.75, 3.05) is 0 Å². The number of halogens is 12. The van der Waals surface area contributed by atoms with Crippen LogP contribution in [-0.2, 0) is 18.5 Å². The highest BCUT2D eigenvalue weighted by Gasteiger charge is 2.79. The Morgan fingerprint density at radius 3 is 1.60 bits per heavy atom. The van der Waals surface area contributed by atoms with Crippen LogP contribution in [0.4, 0.5) is 43.9 Å². The molecule has 0 aliphatic heterocycles. The van der Waals surface area contributed by atoms with Crippen LogP contribution in [0.2, 0.25) is 0 Å². The second kappa shape index (κ2) is 10.7. The summed E-state index contributed by atoms with van der Waals surface area (Å²) in [5, 5.41) is -6.86. The van der Waals surface area contributed by atoms with E-state index >= 15 is 22.0 Å². The average Bonchev–Trinajstić information content (AvgIpc) is 2.88. The van der Waals surface area contributed by atoms with Gasteiger partial charge in [0, 0.05) is 23.5 Å². The molecule has 0 saturated heterocycles. The third-order valence-electron chi connectivity index (χ3n) is 6.64. The first-order valence-corrected chi connectivity index (χ1v) is 14.6. The second-order valence-corrected chi connectivity index (χ2v) is 13.8. The number of rotatable bonds is 6. The normalized spacial score (nSPS) is 23.9. The zero-order valence-electron chi connectivity index (χ0n) is 20.4. The van der Waals surface area contributed by atoms with Crippen molar-refractivity contribution in [3.8, 4) is 0 Å². The molecule has 0 heterocycles. The Kier molecular flexibility index (Phi) is 8.25. The van der Waals surface area contributed by atoms with Crippen LogP contribution >= 0.6 is 31.9 Å². The molecule has 1 aliphatic rings. The predicted molar refractivity (Wildman–Crippen MR) is 140 cm³/mol. The zero-order chi connectivity index (χ0) is 31.5. The monoisotopic (exact) mass is 751 g/mol. The minimum absolute atomic E-state index is 0.276. The predicted octanol–water partition coefficient (Wildman–Crippen LogP) is 9.08. The van der Waals surface area contributed by atoms with Gasteiger partial charge in [-0.2, -0.15) is 30.7 Å². The molecule has 3 atom stereocenters. The SMILES string of the molecule is O=S(=O)(C1=CC(Br)(c2ccccc2F)[CH]C(Br)(c2ccccc2F)C1c1ccccc1F)C(F)(F)C(F)(F)C(F)(F)F. The molecule has 0 bridgehead atoms. The quantitative estimate of drug-likeness (QED) is 0.186. The molecule has 3 aromatic carbocycles. The van der Waals surface area contributed by atoms with Gasteiger partial charge in [-0.05, 0) is 29.8 Å². The van der Waals surface area contributed by atoms with Crippen LogP contribution in [0.5, 0.6) is 0 Å². The standard InChI is InChI=1S/C27H15Br2F10O2S/c28-23(16-8-2-5-11-19(16)31)13-21(42(40,41)27(38,39)25(33,34)26(35,36)37)22(15-7-1-4-10-18(15)30)24(29,14-23)17-9-3-6-12-20(17)32/h1-14,22H. The highest BCUT2D eigenvalue weighted by molar-refractivity contribution is 9.10. The molecule has 15 heteroatoms. The first kappa shape index (κ1) is 32.5. The van der Waals surface area contributed by atoms with Gasteiger partial charge in [0.15, 0.2) is 0 Å². The minimum atomic E-state index is -7.14. The molecule has 1 radical (unpaired) electrons. The van der Waals surface area contributed by atoms with Crippen molar-refractivity contribution in [2.24, 2.45) is 0 Å². The maximum absolute atomic E-state index is 15.3. The fourth-order valence-corrected chi connectivity index (χ4v) is 9.09. The van der Waals surface area contributed by atoms with Crippen LogP contribution in [-0.4, -0.2) is 25.8 Å². The van der Waals surface area contributed by atoms with E-state index in [2.05, 4.69) is 31.9 Å². The number of allylic oxidation sites excluding steroid dienone is 2. The number of hydrogen-bond acceptors (Lipinski definition) is 2. The molecule has 2 nitrogen and oxygen atoms in total. The Balaban J connectivity index is 2.19. The van der Waals surface area contributed by atoms with Gasteiger partial charge in [-0.25, -0.2) is 21.6 Å². The van der Waals surface area contributed by atoms with Gasteiger partial charge >= 0.3 is 17.4 Å². The van der Waals surface area contributed by atoms with Crippen molar-refractivity contribution in [3.05, 3.63) is 124 Å². The van der Waals surface area contributed by atoms with Gasteiger partial charge in [0.2, 0.25) is 9.84 Å². The molecule has 0 N–H and O–H groups in total. The summed E-state index contributed by atoms with van der Waals surface area (Å²) in [7, 11) is -7.13. The number of sulfone groups is 1. The minimum Gasteiger partial charge on any atom is -0.217 e. The number of benzene rings is 3. The highest BCUT2D eigenvalue weighted by Crippen LogP contribution is 2.64. The summed E-state index contributed by atoms with van der Waals surface area (Å²) < 4.78 is 166. The van der Waals surface area contributed by atoms with Gasteiger partial charge < -0.3 is 0 Å². The summed E-state index contributed by atoms with van der Waals surface area (Å²) in [4.78, 5) is -1.87. The van der Waals surface area contributed by atoms with Gasteiger partial charge in [0.25, 0.3) is 0 Å². The third-order valence-corrected chi connectivity index (χ3v) is 10.5. The summed E-state index contributed by atoms with van der Waals surface area (Å²) in [6.07, 6.45) is -5.81. The van der Waals surface area contributed by atoms with E-state index in [1.165, 1.54) is 24.3 Å². The van der Waals surface area contributed by atoms with E-state index in [0.717, 1.165) is 55.0 Å². The lowest BCUT2D eigenvalue weighted by atomic mass is 9.70. The van der Waals surface area contributed by atoms with Crippen molar-refractivity contribution in [3.63, 3.8) is 0 Å². The maximum Gasteiger partial charge on any atom is 0.461 e. The van der Waals surface area contributed by atoms with E-state index in [0.29, 0.717) is 0 Å². The first-order chi connectivity index (χ1) is 19.2. The summed E-state index contributed by atoms with van der Waals surface area (Å²) >= 11 is 6.13. The molecule has 225 valence electrons. The largest absolute Gasteiger partial charge is 0.461 e. The number of hydrogen-bond donors (Lipinski definition) is 0. The summed E-state index contributed by atoms with van der Waals surface area (Å²) in [6, 6.07) is 12.4. The third kappa shape index (κ3) is 4.98. The summed E-state index contributed by atoms with van der Waals surface area (Å²) in [6.45, 7) is 0. The average molecular weight is 753 g/mol. The van der Waals surface area contributed by atoms with E-state index in [4.69, 9.17) is 0 Å². The van der Waals surface area contributed by atoms with Crippen molar-refractivity contribution >= 4 is 41.7 Å². The van der Waals surface area contributed by atoms with Crippen LogP contribution in [0.25, 0.3) is 0 Å². The molecular formula is C27H15Br2F10O2S. The smallest absolute Gasteiger partial charge is 0.217 e. The molecule has 3 unspecified atom stereocenters. The Morgan fingerprint density at radius 2 is 1.12 bits per heavy atom. The Bertz CT molecular complexity index is 1660. The van der Waals surface area contributed by atoms with Crippen LogP contribution < -0.4 is 0 Å². The lowest BCUT2D eigenvalue weighted by molar-refractivity contribution is -0.331. The Labute approximate surface area is 249 Å². The lowest BCUT2D eigenvalue weighted by Gasteiger charge is -2.47. The van der Waals surface area contributed by atoms with Gasteiger partial charge in [0.1, 0.15) is 17.5 Å². The van der Waals surface area contributed by atoms with Crippen molar-refractivity contribution < 1.29 is 52.3 Å². The van der Waals surface area contributed by atoms with Crippen molar-refractivity contribution in [1.29, 1.82) is 0 Å². The van der Waals surface area contributed by atoms with E-state index in [9.17, 15) is 30.4 Å². The summed E-state index contributed by atoms with van der Waals surface area (Å²) in [5.74, 6) is -13.1. The fraction of sp³-hybridized carbons (Fsp3) is 0.222. The van der Waals surface area contributed by atoms with Crippen LogP contribution in [0, 0.1) is 23.9 Å². The highest BCUT2D eigenvalue weighted by atomic mass is 79.9. The molecule has 0 aromatic heterocycles. The first-order valence-electron chi connectivity index (χ1n) is 11.5. The Hall–Kier alpha value is -2.39. The Morgan fingerprint density at radius 1 is 0.667 bits per heavy atom. The summed E-state index contributed by atoms with van der Waals surface area (Å²) in [5.41, 5.74) is -1.88. The molecule has 0 saturated carbocycles. The van der Waals surface area contributed by atoms with Gasteiger partial charge in [-0.1, -0.05) is 86.5 Å². The van der Waals surface area contributed by atoms with Crippen LogP contribution in [0.15, 0.2) is 83.8 Å². The molecule has 3 aromatic rings. The van der Waals surface area contributed by atoms with Crippen LogP contribution in [0.3, 0.4) is 0 Å². The molecule has 4 rings (SSSR count). The number of alkyl halides is 9. The molecule has 1 aliphatic carbocycles. The second-order valence-electron chi connectivity index (χ2n) is 9.23. The fourth-order valence-electron chi connectivity index (χ4n) is 4.66. The van der Waals surface area contributed by atoms with Crippen molar-refractivity contribution in [2.45, 2.75) is 31.9 Å². The molecule has 0 amide bonds. The molecule has 0 fully saturated rings. The zero-order valence-corrected chi connectivity index (χ0v) is 24.4. The van der Waals surface area contributed by atoms with E-state index < -0.39 is 80.8 Å². The van der Waals surface area contributed by atoms with Gasteiger partial charge in [-0.15, -0.1) is 0 Å². The van der Waals surface area contributed by atoms with Gasteiger partial charge in [-0.3, -0.25) is 0 Å². The topological polar surface area (TPSA) is 34.1 Å². The molecular weight excluding hydrogens is 738 g/mol. The van der Waals surface area contributed by atoms with E-state index in [1.807, 2.05) is 0 Å². The molecule has 42 heavy (non-hydrogen) atoms. The lowest BCUT2D eigenvalue weighted by Crippen LogP contribution is -2.57. The van der Waals surface area contributed by atoms with Crippen LogP contribution in [0.1, 0.15) is 22.6 Å². The van der Waals surface area contributed by atoms with E-state index in [-0.39, 0.29) is 6.08 Å².